The molecule has 0 fully saturated rings. The van der Waals surface area contributed by atoms with Crippen molar-refractivity contribution >= 4 is 11.6 Å². The van der Waals surface area contributed by atoms with Crippen molar-refractivity contribution in [1.82, 2.24) is 0 Å². The SMILES string of the molecule is C/C(=C\c1ccc(CO)cc1)c1ccc2c(c1)C(C)(C)[C@H](O)CC2(C)C. The second-order valence-electron chi connectivity index (χ2n) is 8.81. The van der Waals surface area contributed by atoms with Gasteiger partial charge in [-0.1, -0.05) is 76.2 Å². The first kappa shape index (κ1) is 18.9. The van der Waals surface area contributed by atoms with Gasteiger partial charge in [0.05, 0.1) is 12.7 Å². The van der Waals surface area contributed by atoms with Crippen LogP contribution in [-0.4, -0.2) is 16.3 Å². The van der Waals surface area contributed by atoms with Gasteiger partial charge in [0.2, 0.25) is 0 Å². The Bertz CT molecular complexity index is 826. The van der Waals surface area contributed by atoms with E-state index in [1.807, 2.05) is 24.3 Å². The molecule has 0 amide bonds. The van der Waals surface area contributed by atoms with Crippen molar-refractivity contribution in [1.29, 1.82) is 0 Å². The van der Waals surface area contributed by atoms with E-state index in [1.165, 1.54) is 22.3 Å². The average molecular weight is 351 g/mol. The fourth-order valence-corrected chi connectivity index (χ4v) is 3.99. The molecule has 3 rings (SSSR count). The van der Waals surface area contributed by atoms with E-state index < -0.39 is 0 Å². The van der Waals surface area contributed by atoms with Gasteiger partial charge < -0.3 is 10.2 Å². The summed E-state index contributed by atoms with van der Waals surface area (Å²) in [6.45, 7) is 10.9. The van der Waals surface area contributed by atoms with Crippen molar-refractivity contribution in [2.75, 3.05) is 0 Å². The third-order valence-electron chi connectivity index (χ3n) is 5.98. The Morgan fingerprint density at radius 3 is 2.31 bits per heavy atom. The Hall–Kier alpha value is -1.90. The maximum absolute atomic E-state index is 10.7. The van der Waals surface area contributed by atoms with E-state index in [1.54, 1.807) is 0 Å². The molecule has 0 bridgehead atoms. The van der Waals surface area contributed by atoms with E-state index in [0.717, 1.165) is 17.5 Å². The van der Waals surface area contributed by atoms with Gasteiger partial charge in [0.15, 0.2) is 0 Å². The Kier molecular flexibility index (Phi) is 4.85. The lowest BCUT2D eigenvalue weighted by molar-refractivity contribution is 0.0583. The maximum atomic E-state index is 10.7. The number of benzene rings is 2. The van der Waals surface area contributed by atoms with E-state index in [4.69, 9.17) is 0 Å². The molecule has 2 aromatic rings. The van der Waals surface area contributed by atoms with Crippen molar-refractivity contribution in [3.63, 3.8) is 0 Å². The van der Waals surface area contributed by atoms with E-state index >= 15 is 0 Å². The molecule has 1 atom stereocenters. The molecule has 0 radical (unpaired) electrons. The second-order valence-corrected chi connectivity index (χ2v) is 8.81. The zero-order valence-corrected chi connectivity index (χ0v) is 16.5. The monoisotopic (exact) mass is 350 g/mol. The number of fused-ring (bicyclic) bond motifs is 1. The van der Waals surface area contributed by atoms with E-state index in [0.29, 0.717) is 0 Å². The highest BCUT2D eigenvalue weighted by molar-refractivity contribution is 5.80. The molecule has 0 saturated heterocycles. The lowest BCUT2D eigenvalue weighted by Gasteiger charge is -2.45. The zero-order valence-electron chi connectivity index (χ0n) is 16.5. The number of allylic oxidation sites excluding steroid dienone is 1. The normalized spacial score (nSPS) is 21.3. The minimum Gasteiger partial charge on any atom is -0.392 e. The fourth-order valence-electron chi connectivity index (χ4n) is 3.99. The number of aliphatic hydroxyl groups is 2. The van der Waals surface area contributed by atoms with Crippen molar-refractivity contribution in [2.45, 2.75) is 64.6 Å². The van der Waals surface area contributed by atoms with Crippen LogP contribution >= 0.6 is 0 Å². The summed E-state index contributed by atoms with van der Waals surface area (Å²) < 4.78 is 0. The largest absolute Gasteiger partial charge is 0.392 e. The summed E-state index contributed by atoms with van der Waals surface area (Å²) in [5, 5.41) is 19.9. The van der Waals surface area contributed by atoms with Gasteiger partial charge in [0.1, 0.15) is 0 Å². The molecule has 0 spiro atoms. The molecular formula is C24H30O2. The first-order valence-electron chi connectivity index (χ1n) is 9.37. The Labute approximate surface area is 157 Å². The van der Waals surface area contributed by atoms with E-state index in [2.05, 4.69) is 58.9 Å². The number of aliphatic hydroxyl groups excluding tert-OH is 2. The van der Waals surface area contributed by atoms with Crippen molar-refractivity contribution in [3.8, 4) is 0 Å². The minimum atomic E-state index is -0.337. The summed E-state index contributed by atoms with van der Waals surface area (Å²) >= 11 is 0. The van der Waals surface area contributed by atoms with Crippen LogP contribution in [0, 0.1) is 0 Å². The van der Waals surface area contributed by atoms with Crippen LogP contribution in [-0.2, 0) is 17.4 Å². The molecule has 1 aliphatic rings. The van der Waals surface area contributed by atoms with Crippen LogP contribution in [0.25, 0.3) is 11.6 Å². The maximum Gasteiger partial charge on any atom is 0.0681 e. The van der Waals surface area contributed by atoms with Crippen LogP contribution in [0.1, 0.15) is 68.9 Å². The molecular weight excluding hydrogens is 320 g/mol. The summed E-state index contributed by atoms with van der Waals surface area (Å²) in [4.78, 5) is 0. The Morgan fingerprint density at radius 1 is 1.04 bits per heavy atom. The molecule has 1 aliphatic carbocycles. The van der Waals surface area contributed by atoms with Gasteiger partial charge in [0.25, 0.3) is 0 Å². The predicted molar refractivity (Wildman–Crippen MR) is 109 cm³/mol. The molecule has 138 valence electrons. The fraction of sp³-hybridized carbons (Fsp3) is 0.417. The van der Waals surface area contributed by atoms with E-state index in [9.17, 15) is 10.2 Å². The lowest BCUT2D eigenvalue weighted by atomic mass is 9.61. The topological polar surface area (TPSA) is 40.5 Å². The molecule has 0 saturated carbocycles. The standard InChI is InChI=1S/C24H30O2/c1-16(12-17-6-8-18(15-25)9-7-17)19-10-11-20-21(13-19)24(4,5)22(26)14-23(20,2)3/h6-13,22,25-26H,14-15H2,1-5H3/b16-12+/t22-/m1/s1. The Morgan fingerprint density at radius 2 is 1.69 bits per heavy atom. The molecule has 0 unspecified atom stereocenters. The van der Waals surface area contributed by atoms with Gasteiger partial charge in [-0.2, -0.15) is 0 Å². The third kappa shape index (κ3) is 3.36. The minimum absolute atomic E-state index is 0.0133. The van der Waals surface area contributed by atoms with Crippen molar-refractivity contribution < 1.29 is 10.2 Å². The van der Waals surface area contributed by atoms with Crippen molar-refractivity contribution in [2.24, 2.45) is 0 Å². The molecule has 26 heavy (non-hydrogen) atoms. The van der Waals surface area contributed by atoms with Gasteiger partial charge >= 0.3 is 0 Å². The first-order chi connectivity index (χ1) is 12.1. The quantitative estimate of drug-likeness (QED) is 0.760. The molecule has 2 nitrogen and oxygen atoms in total. The summed E-state index contributed by atoms with van der Waals surface area (Å²) in [5.41, 5.74) is 6.76. The number of hydrogen-bond donors (Lipinski definition) is 2. The summed E-state index contributed by atoms with van der Waals surface area (Å²) in [7, 11) is 0. The first-order valence-corrected chi connectivity index (χ1v) is 9.37. The lowest BCUT2D eigenvalue weighted by Crippen LogP contribution is -2.45. The second kappa shape index (κ2) is 6.68. The summed E-state index contributed by atoms with van der Waals surface area (Å²) in [5.74, 6) is 0. The van der Waals surface area contributed by atoms with Gasteiger partial charge in [-0.15, -0.1) is 0 Å². The van der Waals surface area contributed by atoms with Crippen LogP contribution in [0.3, 0.4) is 0 Å². The molecule has 0 aromatic heterocycles. The van der Waals surface area contributed by atoms with Crippen LogP contribution in [0.2, 0.25) is 0 Å². The molecule has 0 heterocycles. The predicted octanol–water partition coefficient (Wildman–Crippen LogP) is 5.06. The highest BCUT2D eigenvalue weighted by Gasteiger charge is 2.43. The molecule has 2 heteroatoms. The molecule has 0 aliphatic heterocycles. The van der Waals surface area contributed by atoms with Crippen LogP contribution in [0.15, 0.2) is 42.5 Å². The van der Waals surface area contributed by atoms with Gasteiger partial charge in [0, 0.05) is 5.41 Å². The van der Waals surface area contributed by atoms with Gasteiger partial charge in [-0.05, 0) is 52.1 Å². The van der Waals surface area contributed by atoms with Gasteiger partial charge in [-0.3, -0.25) is 0 Å². The van der Waals surface area contributed by atoms with Crippen LogP contribution in [0.4, 0.5) is 0 Å². The summed E-state index contributed by atoms with van der Waals surface area (Å²) in [6.07, 6.45) is 2.62. The molecule has 2 aromatic carbocycles. The smallest absolute Gasteiger partial charge is 0.0681 e. The highest BCUT2D eigenvalue weighted by atomic mass is 16.3. The Balaban J connectivity index is 2.02. The van der Waals surface area contributed by atoms with Crippen molar-refractivity contribution in [3.05, 3.63) is 70.3 Å². The summed E-state index contributed by atoms with van der Waals surface area (Å²) in [6, 6.07) is 14.7. The van der Waals surface area contributed by atoms with Crippen LogP contribution < -0.4 is 0 Å². The van der Waals surface area contributed by atoms with Gasteiger partial charge in [-0.25, -0.2) is 0 Å². The zero-order chi connectivity index (χ0) is 19.1. The average Bonchev–Trinajstić information content (AvgIpc) is 2.60. The third-order valence-corrected chi connectivity index (χ3v) is 5.98. The van der Waals surface area contributed by atoms with Crippen LogP contribution in [0.5, 0.6) is 0 Å². The van der Waals surface area contributed by atoms with E-state index in [-0.39, 0.29) is 23.5 Å². The number of rotatable bonds is 3. The number of hydrogen-bond acceptors (Lipinski definition) is 2. The highest BCUT2D eigenvalue weighted by Crippen LogP contribution is 2.46. The molecule has 2 N–H and O–H groups in total.